The van der Waals surface area contributed by atoms with Crippen LogP contribution in [-0.4, -0.2) is 42.4 Å². The molecular formula is C29H25F3N2O4S. The lowest BCUT2D eigenvalue weighted by Crippen LogP contribution is -2.45. The lowest BCUT2D eigenvalue weighted by Gasteiger charge is -2.38. The van der Waals surface area contributed by atoms with Gasteiger partial charge < -0.3 is 10.0 Å². The second-order valence-corrected chi connectivity index (χ2v) is 11.7. The molecule has 0 unspecified atom stereocenters. The van der Waals surface area contributed by atoms with Gasteiger partial charge in [-0.2, -0.15) is 0 Å². The van der Waals surface area contributed by atoms with E-state index in [1.165, 1.54) is 47.5 Å². The van der Waals surface area contributed by atoms with Gasteiger partial charge in [0, 0.05) is 35.8 Å². The lowest BCUT2D eigenvalue weighted by atomic mass is 9.84. The minimum atomic E-state index is -3.89. The monoisotopic (exact) mass is 554 g/mol. The quantitative estimate of drug-likeness (QED) is 0.349. The molecule has 0 spiro atoms. The SMILES string of the molecule is Cc1cc(C(=O)N2CCC(O)(c3cccc(F)c3F)CC2)ccc1CS(=O)(=O)c1ccc(F)c2cccnc12. The number of aryl methyl sites for hydroxylation is 1. The highest BCUT2D eigenvalue weighted by Gasteiger charge is 2.38. The molecule has 1 N–H and O–H groups in total. The van der Waals surface area contributed by atoms with E-state index >= 15 is 0 Å². The number of benzene rings is 3. The van der Waals surface area contributed by atoms with Crippen LogP contribution in [0, 0.1) is 24.4 Å². The number of carbonyl (C=O) groups excluding carboxylic acids is 1. The Morgan fingerprint density at radius 3 is 2.46 bits per heavy atom. The number of fused-ring (bicyclic) bond motifs is 1. The Balaban J connectivity index is 1.32. The van der Waals surface area contributed by atoms with E-state index in [1.54, 1.807) is 19.1 Å². The summed E-state index contributed by atoms with van der Waals surface area (Å²) in [5.74, 6) is -3.37. The van der Waals surface area contributed by atoms with Crippen molar-refractivity contribution in [1.29, 1.82) is 0 Å². The molecule has 0 bridgehead atoms. The van der Waals surface area contributed by atoms with Crippen LogP contribution in [0.3, 0.4) is 0 Å². The van der Waals surface area contributed by atoms with Gasteiger partial charge in [0.1, 0.15) is 5.82 Å². The van der Waals surface area contributed by atoms with Crippen molar-refractivity contribution in [3.05, 3.63) is 107 Å². The minimum Gasteiger partial charge on any atom is -0.385 e. The highest BCUT2D eigenvalue weighted by atomic mass is 32.2. The van der Waals surface area contributed by atoms with Crippen LogP contribution in [0.4, 0.5) is 13.2 Å². The van der Waals surface area contributed by atoms with Crippen LogP contribution in [-0.2, 0) is 21.2 Å². The number of nitrogens with zero attached hydrogens (tertiary/aromatic N) is 2. The summed E-state index contributed by atoms with van der Waals surface area (Å²) in [6.07, 6.45) is 1.48. The highest BCUT2D eigenvalue weighted by molar-refractivity contribution is 7.90. The molecule has 0 atom stereocenters. The van der Waals surface area contributed by atoms with Crippen molar-refractivity contribution in [2.24, 2.45) is 0 Å². The molecule has 0 radical (unpaired) electrons. The Morgan fingerprint density at radius 2 is 1.74 bits per heavy atom. The van der Waals surface area contributed by atoms with Gasteiger partial charge in [-0.1, -0.05) is 18.2 Å². The molecular weight excluding hydrogens is 529 g/mol. The summed E-state index contributed by atoms with van der Waals surface area (Å²) in [4.78, 5) is 18.7. The second kappa shape index (κ2) is 10.1. The Labute approximate surface area is 223 Å². The molecule has 1 amide bonds. The van der Waals surface area contributed by atoms with Crippen molar-refractivity contribution in [3.63, 3.8) is 0 Å². The number of amides is 1. The molecule has 0 saturated carbocycles. The van der Waals surface area contributed by atoms with E-state index in [9.17, 15) is 31.5 Å². The van der Waals surface area contributed by atoms with Crippen LogP contribution < -0.4 is 0 Å². The van der Waals surface area contributed by atoms with Gasteiger partial charge >= 0.3 is 0 Å². The van der Waals surface area contributed by atoms with Crippen LogP contribution in [0.5, 0.6) is 0 Å². The van der Waals surface area contributed by atoms with Crippen LogP contribution in [0.25, 0.3) is 10.9 Å². The fourth-order valence-electron chi connectivity index (χ4n) is 5.03. The van der Waals surface area contributed by atoms with Crippen LogP contribution in [0.1, 0.15) is 39.9 Å². The van der Waals surface area contributed by atoms with Gasteiger partial charge in [0.2, 0.25) is 0 Å². The summed E-state index contributed by atoms with van der Waals surface area (Å²) in [5.41, 5.74) is -0.250. The maximum atomic E-state index is 14.3. The smallest absolute Gasteiger partial charge is 0.253 e. The maximum absolute atomic E-state index is 14.3. The fourth-order valence-corrected chi connectivity index (χ4v) is 6.65. The first-order valence-electron chi connectivity index (χ1n) is 12.3. The predicted octanol–water partition coefficient (Wildman–Crippen LogP) is 5.06. The molecule has 1 aliphatic heterocycles. The van der Waals surface area contributed by atoms with E-state index < -0.39 is 32.9 Å². The van der Waals surface area contributed by atoms with Crippen molar-refractivity contribution >= 4 is 26.6 Å². The molecule has 1 fully saturated rings. The van der Waals surface area contributed by atoms with E-state index in [0.717, 1.165) is 12.1 Å². The number of likely N-dealkylation sites (tertiary alicyclic amines) is 1. The fraction of sp³-hybridized carbons (Fsp3) is 0.241. The molecule has 3 aromatic carbocycles. The number of pyridine rings is 1. The summed E-state index contributed by atoms with van der Waals surface area (Å²) in [6, 6.07) is 13.7. The van der Waals surface area contributed by atoms with E-state index in [1.807, 2.05) is 0 Å². The van der Waals surface area contributed by atoms with Gasteiger partial charge in [0.05, 0.1) is 21.8 Å². The molecule has 4 aromatic rings. The molecule has 10 heteroatoms. The first kappa shape index (κ1) is 26.8. The van der Waals surface area contributed by atoms with E-state index in [-0.39, 0.29) is 59.0 Å². The van der Waals surface area contributed by atoms with Crippen molar-refractivity contribution in [2.75, 3.05) is 13.1 Å². The van der Waals surface area contributed by atoms with Gasteiger partial charge in [0.25, 0.3) is 5.91 Å². The third-order valence-electron chi connectivity index (χ3n) is 7.28. The summed E-state index contributed by atoms with van der Waals surface area (Å²) >= 11 is 0. The van der Waals surface area contributed by atoms with Gasteiger partial charge in [-0.3, -0.25) is 9.78 Å². The molecule has 0 aliphatic carbocycles. The van der Waals surface area contributed by atoms with Gasteiger partial charge in [0.15, 0.2) is 21.5 Å². The number of aromatic nitrogens is 1. The number of carbonyl (C=O) groups is 1. The molecule has 1 aliphatic rings. The van der Waals surface area contributed by atoms with Crippen molar-refractivity contribution in [1.82, 2.24) is 9.88 Å². The minimum absolute atomic E-state index is 0.0358. The summed E-state index contributed by atoms with van der Waals surface area (Å²) in [6.45, 7) is 1.96. The van der Waals surface area contributed by atoms with Gasteiger partial charge in [-0.25, -0.2) is 21.6 Å². The predicted molar refractivity (Wildman–Crippen MR) is 139 cm³/mol. The first-order valence-corrected chi connectivity index (χ1v) is 14.0. The molecule has 39 heavy (non-hydrogen) atoms. The molecule has 5 rings (SSSR count). The van der Waals surface area contributed by atoms with Gasteiger partial charge in [-0.15, -0.1) is 0 Å². The molecule has 202 valence electrons. The number of halogens is 3. The number of rotatable bonds is 5. The van der Waals surface area contributed by atoms with E-state index in [2.05, 4.69) is 4.98 Å². The number of hydrogen-bond donors (Lipinski definition) is 1. The number of piperidine rings is 1. The van der Waals surface area contributed by atoms with Crippen LogP contribution in [0.2, 0.25) is 0 Å². The summed E-state index contributed by atoms with van der Waals surface area (Å²) in [7, 11) is -3.89. The van der Waals surface area contributed by atoms with Crippen molar-refractivity contribution in [2.45, 2.75) is 36.0 Å². The molecule has 1 aromatic heterocycles. The zero-order valence-corrected chi connectivity index (χ0v) is 21.8. The Bertz CT molecular complexity index is 1700. The average molecular weight is 555 g/mol. The van der Waals surface area contributed by atoms with Crippen molar-refractivity contribution < 1.29 is 31.5 Å². The maximum Gasteiger partial charge on any atom is 0.253 e. The topological polar surface area (TPSA) is 87.6 Å². The molecule has 2 heterocycles. The average Bonchev–Trinajstić information content (AvgIpc) is 2.91. The Kier molecular flexibility index (Phi) is 6.94. The zero-order valence-electron chi connectivity index (χ0n) is 21.0. The lowest BCUT2D eigenvalue weighted by molar-refractivity contribution is -0.0240. The molecule has 6 nitrogen and oxygen atoms in total. The van der Waals surface area contributed by atoms with Crippen LogP contribution >= 0.6 is 0 Å². The zero-order chi connectivity index (χ0) is 27.9. The summed E-state index contributed by atoms with van der Waals surface area (Å²) in [5, 5.41) is 11.1. The normalized spacial score (nSPS) is 15.5. The Morgan fingerprint density at radius 1 is 1.00 bits per heavy atom. The number of hydrogen-bond acceptors (Lipinski definition) is 5. The standard InChI is InChI=1S/C29H25F3N2O4S/c1-18-16-19(28(35)34-14-11-29(36,12-15-34)22-5-2-6-24(31)26(22)32)7-8-20(18)17-39(37,38)25-10-9-23(30)21-4-3-13-33-27(21)25/h2-10,13,16,36H,11-12,14-15,17H2,1H3. The van der Waals surface area contributed by atoms with Crippen molar-refractivity contribution in [3.8, 4) is 0 Å². The second-order valence-electron chi connectivity index (χ2n) is 9.77. The van der Waals surface area contributed by atoms with Gasteiger partial charge in [-0.05, 0) is 73.4 Å². The number of sulfone groups is 1. The molecule has 1 saturated heterocycles. The largest absolute Gasteiger partial charge is 0.385 e. The third-order valence-corrected chi connectivity index (χ3v) is 8.97. The summed E-state index contributed by atoms with van der Waals surface area (Å²) < 4.78 is 68.6. The first-order chi connectivity index (χ1) is 18.5. The van der Waals surface area contributed by atoms with E-state index in [0.29, 0.717) is 16.7 Å². The Hall–Kier alpha value is -3.76. The van der Waals surface area contributed by atoms with Crippen LogP contribution in [0.15, 0.2) is 71.8 Å². The van der Waals surface area contributed by atoms with E-state index in [4.69, 9.17) is 0 Å². The highest BCUT2D eigenvalue weighted by Crippen LogP contribution is 2.35. The number of aliphatic hydroxyl groups is 1. The third kappa shape index (κ3) is 5.02.